The molecule has 0 bridgehead atoms. The minimum atomic E-state index is 0.232. The average molecular weight is 290 g/mol. The first kappa shape index (κ1) is 18.2. The van der Waals surface area contributed by atoms with Gasteiger partial charge in [-0.15, -0.1) is 0 Å². The van der Waals surface area contributed by atoms with Crippen LogP contribution in [0.5, 0.6) is 0 Å². The van der Waals surface area contributed by atoms with Gasteiger partial charge in [0.2, 0.25) is 0 Å². The van der Waals surface area contributed by atoms with E-state index in [1.165, 1.54) is 44.1 Å². The maximum absolute atomic E-state index is 3.78. The Labute approximate surface area is 132 Å². The van der Waals surface area contributed by atoms with Gasteiger partial charge in [0.1, 0.15) is 0 Å². The van der Waals surface area contributed by atoms with Gasteiger partial charge < -0.3 is 5.32 Å². The van der Waals surface area contributed by atoms with Gasteiger partial charge >= 0.3 is 0 Å². The fourth-order valence-corrected chi connectivity index (χ4v) is 3.28. The molecular weight excluding hydrogens is 254 g/mol. The fraction of sp³-hybridized carbons (Fsp3) is 0.700. The van der Waals surface area contributed by atoms with Crippen molar-refractivity contribution in [1.82, 2.24) is 5.32 Å². The van der Waals surface area contributed by atoms with Crippen molar-refractivity contribution in [2.75, 3.05) is 0 Å². The molecule has 0 aliphatic carbocycles. The molecule has 2 unspecified atom stereocenters. The summed E-state index contributed by atoms with van der Waals surface area (Å²) in [6.45, 7) is 11.6. The number of unbranched alkanes of at least 4 members (excludes halogenated alkanes) is 3. The van der Waals surface area contributed by atoms with Crippen LogP contribution >= 0.6 is 0 Å². The summed E-state index contributed by atoms with van der Waals surface area (Å²) in [6, 6.07) is 12.1. The molecule has 0 aromatic heterocycles. The van der Waals surface area contributed by atoms with Crippen LogP contribution in [0.3, 0.4) is 0 Å². The largest absolute Gasteiger partial charge is 0.312 e. The zero-order chi connectivity index (χ0) is 15.7. The maximum atomic E-state index is 3.78. The van der Waals surface area contributed by atoms with Gasteiger partial charge in [-0.05, 0) is 37.7 Å². The zero-order valence-electron chi connectivity index (χ0n) is 14.8. The smallest absolute Gasteiger partial charge is 0.00494 e. The third-order valence-electron chi connectivity index (χ3n) is 4.43. The normalized spacial score (nSPS) is 14.9. The van der Waals surface area contributed by atoms with E-state index in [9.17, 15) is 0 Å². The molecule has 0 fully saturated rings. The minimum Gasteiger partial charge on any atom is -0.312 e. The molecule has 0 spiro atoms. The summed E-state index contributed by atoms with van der Waals surface area (Å²) in [7, 11) is 0. The number of rotatable bonds is 10. The number of nitrogens with one attached hydrogen (secondary N) is 1. The van der Waals surface area contributed by atoms with Crippen LogP contribution in [-0.4, -0.2) is 12.1 Å². The Bertz CT molecular complexity index is 369. The Hall–Kier alpha value is -0.820. The van der Waals surface area contributed by atoms with E-state index < -0.39 is 0 Å². The first-order valence-electron chi connectivity index (χ1n) is 8.77. The molecule has 0 heterocycles. The van der Waals surface area contributed by atoms with Crippen LogP contribution < -0.4 is 5.32 Å². The molecule has 1 aromatic carbocycles. The number of benzene rings is 1. The molecule has 0 aliphatic rings. The van der Waals surface area contributed by atoms with Crippen LogP contribution in [0.4, 0.5) is 0 Å². The van der Waals surface area contributed by atoms with Gasteiger partial charge in [-0.25, -0.2) is 0 Å². The van der Waals surface area contributed by atoms with Gasteiger partial charge in [-0.3, -0.25) is 0 Å². The van der Waals surface area contributed by atoms with Crippen molar-refractivity contribution < 1.29 is 0 Å². The maximum Gasteiger partial charge on any atom is 0.00494 e. The van der Waals surface area contributed by atoms with Gasteiger partial charge in [-0.2, -0.15) is 0 Å². The first-order valence-corrected chi connectivity index (χ1v) is 8.77. The van der Waals surface area contributed by atoms with Crippen LogP contribution in [0.2, 0.25) is 0 Å². The highest BCUT2D eigenvalue weighted by atomic mass is 14.9. The first-order chi connectivity index (χ1) is 9.95. The van der Waals surface area contributed by atoms with E-state index >= 15 is 0 Å². The Kier molecular flexibility index (Phi) is 8.03. The highest BCUT2D eigenvalue weighted by molar-refractivity contribution is 5.23. The van der Waals surface area contributed by atoms with E-state index in [0.29, 0.717) is 12.1 Å². The Morgan fingerprint density at radius 1 is 0.952 bits per heavy atom. The molecule has 120 valence electrons. The van der Waals surface area contributed by atoms with Crippen molar-refractivity contribution in [2.24, 2.45) is 0 Å². The summed E-state index contributed by atoms with van der Waals surface area (Å²) < 4.78 is 0. The number of hydrogen-bond donors (Lipinski definition) is 1. The molecular formula is C20H35N. The molecule has 1 nitrogen and oxygen atoms in total. The van der Waals surface area contributed by atoms with Crippen LogP contribution in [-0.2, 0) is 5.41 Å². The van der Waals surface area contributed by atoms with Gasteiger partial charge in [0.05, 0.1) is 0 Å². The van der Waals surface area contributed by atoms with Crippen molar-refractivity contribution in [3.8, 4) is 0 Å². The monoisotopic (exact) mass is 289 g/mol. The molecule has 0 aliphatic heterocycles. The minimum absolute atomic E-state index is 0.232. The molecule has 0 amide bonds. The van der Waals surface area contributed by atoms with Crippen LogP contribution in [0.1, 0.15) is 78.7 Å². The highest BCUT2D eigenvalue weighted by Crippen LogP contribution is 2.28. The molecule has 1 rings (SSSR count). The third-order valence-corrected chi connectivity index (χ3v) is 4.43. The standard InChI is InChI=1S/C20H35N/c1-6-7-8-10-13-17(2)21-18(3)16-20(4,5)19-14-11-9-12-15-19/h9,11-12,14-15,17-18,21H,6-8,10,13,16H2,1-5H3. The number of hydrogen-bond acceptors (Lipinski definition) is 1. The molecule has 2 atom stereocenters. The van der Waals surface area contributed by atoms with Crippen LogP contribution in [0.15, 0.2) is 30.3 Å². The fourth-order valence-electron chi connectivity index (χ4n) is 3.28. The quantitative estimate of drug-likeness (QED) is 0.545. The second-order valence-corrected chi connectivity index (χ2v) is 7.27. The van der Waals surface area contributed by atoms with Gasteiger partial charge in [0.25, 0.3) is 0 Å². The molecule has 1 aromatic rings. The molecule has 1 N–H and O–H groups in total. The average Bonchev–Trinajstić information content (AvgIpc) is 2.44. The molecule has 0 saturated heterocycles. The highest BCUT2D eigenvalue weighted by Gasteiger charge is 2.23. The van der Waals surface area contributed by atoms with Crippen molar-refractivity contribution >= 4 is 0 Å². The van der Waals surface area contributed by atoms with Gasteiger partial charge in [0, 0.05) is 12.1 Å². The second kappa shape index (κ2) is 9.25. The summed E-state index contributed by atoms with van der Waals surface area (Å²) >= 11 is 0. The lowest BCUT2D eigenvalue weighted by Gasteiger charge is -2.31. The summed E-state index contributed by atoms with van der Waals surface area (Å²) in [5.41, 5.74) is 1.67. The van der Waals surface area contributed by atoms with Crippen molar-refractivity contribution in [2.45, 2.75) is 90.6 Å². The van der Waals surface area contributed by atoms with E-state index in [4.69, 9.17) is 0 Å². The van der Waals surface area contributed by atoms with E-state index in [-0.39, 0.29) is 5.41 Å². The van der Waals surface area contributed by atoms with Crippen LogP contribution in [0, 0.1) is 0 Å². The lowest BCUT2D eigenvalue weighted by Crippen LogP contribution is -2.38. The van der Waals surface area contributed by atoms with Crippen molar-refractivity contribution in [3.05, 3.63) is 35.9 Å². The predicted octanol–water partition coefficient (Wildman–Crippen LogP) is 5.69. The van der Waals surface area contributed by atoms with Gasteiger partial charge in [-0.1, -0.05) is 76.8 Å². The Balaban J connectivity index is 2.37. The zero-order valence-corrected chi connectivity index (χ0v) is 14.8. The van der Waals surface area contributed by atoms with E-state index in [1.807, 2.05) is 0 Å². The summed E-state index contributed by atoms with van der Waals surface area (Å²) in [5, 5.41) is 3.78. The molecule has 0 saturated carbocycles. The van der Waals surface area contributed by atoms with E-state index in [2.05, 4.69) is 70.3 Å². The third kappa shape index (κ3) is 7.13. The lowest BCUT2D eigenvalue weighted by molar-refractivity contribution is 0.351. The Morgan fingerprint density at radius 2 is 1.62 bits per heavy atom. The summed E-state index contributed by atoms with van der Waals surface area (Å²) in [6.07, 6.45) is 7.92. The van der Waals surface area contributed by atoms with E-state index in [1.54, 1.807) is 0 Å². The molecule has 0 radical (unpaired) electrons. The summed E-state index contributed by atoms with van der Waals surface area (Å²) in [5.74, 6) is 0. The van der Waals surface area contributed by atoms with Crippen molar-refractivity contribution in [3.63, 3.8) is 0 Å². The summed E-state index contributed by atoms with van der Waals surface area (Å²) in [4.78, 5) is 0. The lowest BCUT2D eigenvalue weighted by atomic mass is 9.79. The van der Waals surface area contributed by atoms with E-state index in [0.717, 1.165) is 0 Å². The molecule has 21 heavy (non-hydrogen) atoms. The second-order valence-electron chi connectivity index (χ2n) is 7.27. The Morgan fingerprint density at radius 3 is 2.24 bits per heavy atom. The molecule has 1 heteroatoms. The van der Waals surface area contributed by atoms with Crippen LogP contribution in [0.25, 0.3) is 0 Å². The SMILES string of the molecule is CCCCCCC(C)NC(C)CC(C)(C)c1ccccc1. The van der Waals surface area contributed by atoms with Crippen molar-refractivity contribution in [1.29, 1.82) is 0 Å². The van der Waals surface area contributed by atoms with Gasteiger partial charge in [0.15, 0.2) is 0 Å². The predicted molar refractivity (Wildman–Crippen MR) is 94.9 cm³/mol. The topological polar surface area (TPSA) is 12.0 Å².